The largest absolute Gasteiger partial charge is 0.437 e. The number of aromatic nitrogens is 2. The molecule has 0 atom stereocenters. The van der Waals surface area contributed by atoms with Crippen molar-refractivity contribution in [3.63, 3.8) is 0 Å². The lowest BCUT2D eigenvalue weighted by Crippen LogP contribution is -2.32. The van der Waals surface area contributed by atoms with E-state index >= 15 is 0 Å². The minimum Gasteiger partial charge on any atom is -0.437 e. The van der Waals surface area contributed by atoms with Gasteiger partial charge in [-0.3, -0.25) is 0 Å². The Morgan fingerprint density at radius 3 is 2.65 bits per heavy atom. The van der Waals surface area contributed by atoms with E-state index in [4.69, 9.17) is 11.3 Å². The highest BCUT2D eigenvalue weighted by Crippen LogP contribution is 2.38. The lowest BCUT2D eigenvalue weighted by atomic mass is 9.94. The molecule has 3 heteroatoms. The number of hydrogen-bond donors (Lipinski definition) is 0. The van der Waals surface area contributed by atoms with Crippen molar-refractivity contribution in [3.05, 3.63) is 70.9 Å². The third-order valence-corrected chi connectivity index (χ3v) is 5.94. The molecular formula is C28H29N2O+. The van der Waals surface area contributed by atoms with E-state index in [-0.39, 0.29) is 11.5 Å². The van der Waals surface area contributed by atoms with E-state index in [0.717, 1.165) is 27.7 Å². The number of benzene rings is 2. The van der Waals surface area contributed by atoms with E-state index in [9.17, 15) is 0 Å². The maximum Gasteiger partial charge on any atom is 0.227 e. The van der Waals surface area contributed by atoms with Crippen LogP contribution in [-0.2, 0) is 13.4 Å². The van der Waals surface area contributed by atoms with Gasteiger partial charge in [0.15, 0.2) is 5.58 Å². The Hall–Kier alpha value is -3.20. The minimum atomic E-state index is -2.30. The summed E-state index contributed by atoms with van der Waals surface area (Å²) >= 11 is 0. The van der Waals surface area contributed by atoms with Gasteiger partial charge < -0.3 is 4.42 Å². The van der Waals surface area contributed by atoms with Crippen molar-refractivity contribution >= 4 is 33.0 Å². The summed E-state index contributed by atoms with van der Waals surface area (Å²) in [7, 11) is 1.92. The lowest BCUT2D eigenvalue weighted by molar-refractivity contribution is -0.633. The second-order valence-corrected chi connectivity index (χ2v) is 8.52. The normalized spacial score (nSPS) is 15.2. The molecule has 31 heavy (non-hydrogen) atoms. The van der Waals surface area contributed by atoms with Gasteiger partial charge in [0.1, 0.15) is 7.05 Å². The number of rotatable bonds is 3. The van der Waals surface area contributed by atoms with E-state index in [2.05, 4.69) is 4.98 Å². The second-order valence-electron chi connectivity index (χ2n) is 8.52. The number of aryl methyl sites for hydroxylation is 3. The zero-order valence-corrected chi connectivity index (χ0v) is 18.5. The highest BCUT2D eigenvalue weighted by molar-refractivity contribution is 6.09. The molecule has 3 nitrogen and oxygen atoms in total. The Labute approximate surface area is 190 Å². The van der Waals surface area contributed by atoms with Crippen LogP contribution >= 0.6 is 0 Å². The van der Waals surface area contributed by atoms with Gasteiger partial charge in [0.25, 0.3) is 0 Å². The van der Waals surface area contributed by atoms with Gasteiger partial charge in [-0.15, -0.1) is 0 Å². The first kappa shape index (κ1) is 14.7. The molecule has 3 heterocycles. The molecule has 0 aliphatic rings. The smallest absolute Gasteiger partial charge is 0.227 e. The zero-order chi connectivity index (χ0) is 26.2. The molecule has 0 bridgehead atoms. The summed E-state index contributed by atoms with van der Waals surface area (Å²) in [5.74, 6) is -0.197. The third kappa shape index (κ3) is 3.11. The molecule has 156 valence electrons. The van der Waals surface area contributed by atoms with Crippen molar-refractivity contribution in [1.82, 2.24) is 4.98 Å². The van der Waals surface area contributed by atoms with Crippen LogP contribution in [0.2, 0.25) is 0 Å². The Bertz CT molecular complexity index is 1660. The first-order valence-electron chi connectivity index (χ1n) is 13.1. The maximum atomic E-state index is 8.68. The topological polar surface area (TPSA) is 29.9 Å². The first-order chi connectivity index (χ1) is 16.8. The average Bonchev–Trinajstić information content (AvgIpc) is 3.15. The predicted molar refractivity (Wildman–Crippen MR) is 128 cm³/mol. The summed E-state index contributed by atoms with van der Waals surface area (Å²) in [6.45, 7) is 5.17. The fourth-order valence-corrected chi connectivity index (χ4v) is 4.40. The van der Waals surface area contributed by atoms with Crippen LogP contribution in [0.1, 0.15) is 43.1 Å². The zero-order valence-electron chi connectivity index (χ0n) is 23.5. The molecule has 3 aromatic heterocycles. The van der Waals surface area contributed by atoms with Crippen LogP contribution in [0.25, 0.3) is 44.2 Å². The van der Waals surface area contributed by atoms with Crippen LogP contribution in [-0.4, -0.2) is 4.98 Å². The van der Waals surface area contributed by atoms with Crippen molar-refractivity contribution in [1.29, 1.82) is 0 Å². The van der Waals surface area contributed by atoms with Crippen LogP contribution in [0.5, 0.6) is 0 Å². The van der Waals surface area contributed by atoms with Crippen LogP contribution in [0.15, 0.2) is 52.9 Å². The van der Waals surface area contributed by atoms with Gasteiger partial charge in [-0.2, -0.15) is 4.57 Å². The molecule has 0 saturated carbocycles. The van der Waals surface area contributed by atoms with Crippen LogP contribution in [0.3, 0.4) is 0 Å². The molecule has 5 aromatic rings. The molecule has 0 spiro atoms. The van der Waals surface area contributed by atoms with Gasteiger partial charge in [0, 0.05) is 40.8 Å². The van der Waals surface area contributed by atoms with Gasteiger partial charge in [0.2, 0.25) is 16.9 Å². The van der Waals surface area contributed by atoms with Gasteiger partial charge in [-0.05, 0) is 73.9 Å². The summed E-state index contributed by atoms with van der Waals surface area (Å²) in [6.07, 6.45) is -1.50. The summed E-state index contributed by atoms with van der Waals surface area (Å²) in [4.78, 5) is 4.54. The molecule has 0 radical (unpaired) electrons. The van der Waals surface area contributed by atoms with Crippen LogP contribution in [0, 0.1) is 26.6 Å². The fraction of sp³-hybridized carbons (Fsp3) is 0.286. The third-order valence-electron chi connectivity index (χ3n) is 5.94. The van der Waals surface area contributed by atoms with Crippen molar-refractivity contribution in [2.24, 2.45) is 13.0 Å². The molecule has 0 aliphatic heterocycles. The molecule has 2 aromatic carbocycles. The van der Waals surface area contributed by atoms with Crippen LogP contribution in [0.4, 0.5) is 0 Å². The monoisotopic (exact) mass is 414 g/mol. The van der Waals surface area contributed by atoms with Gasteiger partial charge in [0.05, 0.1) is 5.56 Å². The maximum absolute atomic E-state index is 8.68. The standard InChI is InChI=1S/C28H29N2O/c1-16(2)14-20-8-7-9-24-21(20)12-13-25(30(24)6)26-19(5)17(3)15-23-22-11-10-18(4)29-28(22)31-27(23)26/h7-13,15-16H,14H2,1-6H3/q+1/i3D3,14D2. The SMILES string of the molecule is [2H]C([2H])([2H])c1cc2c(oc3nc(C)ccc32)c(-c2ccc3c(C([2H])([2H])C(C)C)cccc3[n+]2C)c1C. The number of furan rings is 1. The molecular weight excluding hydrogens is 380 g/mol. The molecule has 0 amide bonds. The number of pyridine rings is 2. The first-order valence-corrected chi connectivity index (χ1v) is 10.6. The highest BCUT2D eigenvalue weighted by atomic mass is 16.3. The average molecular weight is 415 g/mol. The van der Waals surface area contributed by atoms with Gasteiger partial charge in [-0.25, -0.2) is 4.98 Å². The van der Waals surface area contributed by atoms with E-state index < -0.39 is 13.2 Å². The van der Waals surface area contributed by atoms with E-state index in [1.54, 1.807) is 6.07 Å². The molecule has 0 N–H and O–H groups in total. The summed E-state index contributed by atoms with van der Waals surface area (Å²) < 4.78 is 50.2. The van der Waals surface area contributed by atoms with Crippen molar-refractivity contribution in [2.75, 3.05) is 0 Å². The summed E-state index contributed by atoms with van der Waals surface area (Å²) in [5.41, 5.74) is 5.77. The molecule has 0 fully saturated rings. The summed E-state index contributed by atoms with van der Waals surface area (Å²) in [5, 5.41) is 2.32. The Morgan fingerprint density at radius 2 is 1.87 bits per heavy atom. The van der Waals surface area contributed by atoms with E-state index in [0.29, 0.717) is 33.4 Å². The van der Waals surface area contributed by atoms with Crippen molar-refractivity contribution in [2.45, 2.75) is 40.9 Å². The van der Waals surface area contributed by atoms with Crippen molar-refractivity contribution < 1.29 is 15.8 Å². The molecule has 5 rings (SSSR count). The highest BCUT2D eigenvalue weighted by Gasteiger charge is 2.24. The Balaban J connectivity index is 1.89. The van der Waals surface area contributed by atoms with Gasteiger partial charge >= 0.3 is 0 Å². The fourth-order valence-electron chi connectivity index (χ4n) is 4.40. The number of fused-ring (bicyclic) bond motifs is 4. The predicted octanol–water partition coefficient (Wildman–Crippen LogP) is 6.75. The Kier molecular flexibility index (Phi) is 3.42. The molecule has 0 aliphatic carbocycles. The van der Waals surface area contributed by atoms with E-state index in [1.165, 1.54) is 0 Å². The number of hydrogen-bond acceptors (Lipinski definition) is 2. The van der Waals surface area contributed by atoms with Crippen LogP contribution < -0.4 is 4.57 Å². The second kappa shape index (κ2) is 7.19. The molecule has 0 unspecified atom stereocenters. The minimum absolute atomic E-state index is 0.197. The summed E-state index contributed by atoms with van der Waals surface area (Å²) in [6, 6.07) is 15.1. The Morgan fingerprint density at radius 1 is 1.06 bits per heavy atom. The van der Waals surface area contributed by atoms with Gasteiger partial charge in [-0.1, -0.05) is 26.0 Å². The number of nitrogens with zero attached hydrogens (tertiary/aromatic N) is 2. The molecule has 0 saturated heterocycles. The van der Waals surface area contributed by atoms with Crippen molar-refractivity contribution in [3.8, 4) is 11.3 Å². The lowest BCUT2D eigenvalue weighted by Gasteiger charge is -2.12. The quantitative estimate of drug-likeness (QED) is 0.306. The van der Waals surface area contributed by atoms with E-state index in [1.807, 2.05) is 81.8 Å².